The van der Waals surface area contributed by atoms with Crippen LogP contribution in [-0.4, -0.2) is 36.4 Å². The van der Waals surface area contributed by atoms with Crippen LogP contribution in [0.1, 0.15) is 27.2 Å². The standard InChI is InChI=1S/C15H21Cl2NO3/c1-15(2,3)21-14(20)6-7-18(8-9-19)11-4-5-12(16)13(17)10-11/h4-5,10,19H,6-9H2,1-3H3. The van der Waals surface area contributed by atoms with E-state index in [4.69, 9.17) is 33.0 Å². The third-order valence-electron chi connectivity index (χ3n) is 2.64. The van der Waals surface area contributed by atoms with Crippen molar-refractivity contribution >= 4 is 34.9 Å². The van der Waals surface area contributed by atoms with Crippen molar-refractivity contribution in [1.29, 1.82) is 0 Å². The van der Waals surface area contributed by atoms with E-state index in [2.05, 4.69) is 0 Å². The van der Waals surface area contributed by atoms with Crippen LogP contribution in [0.2, 0.25) is 10.0 Å². The molecule has 0 saturated heterocycles. The Labute approximate surface area is 135 Å². The number of carbonyl (C=O) groups is 1. The molecular weight excluding hydrogens is 313 g/mol. The number of esters is 1. The van der Waals surface area contributed by atoms with E-state index >= 15 is 0 Å². The second-order valence-electron chi connectivity index (χ2n) is 5.65. The quantitative estimate of drug-likeness (QED) is 0.809. The summed E-state index contributed by atoms with van der Waals surface area (Å²) in [5, 5.41) is 10.1. The molecule has 0 radical (unpaired) electrons. The molecule has 4 nitrogen and oxygen atoms in total. The van der Waals surface area contributed by atoms with Crippen LogP contribution in [0, 0.1) is 0 Å². The summed E-state index contributed by atoms with van der Waals surface area (Å²) in [6.45, 7) is 6.31. The molecule has 6 heteroatoms. The van der Waals surface area contributed by atoms with Crippen molar-refractivity contribution in [3.8, 4) is 0 Å². The van der Waals surface area contributed by atoms with E-state index in [1.54, 1.807) is 18.2 Å². The van der Waals surface area contributed by atoms with Crippen LogP contribution in [0.15, 0.2) is 18.2 Å². The van der Waals surface area contributed by atoms with E-state index in [0.29, 0.717) is 23.1 Å². The minimum absolute atomic E-state index is 0.0193. The van der Waals surface area contributed by atoms with E-state index < -0.39 is 5.60 Å². The van der Waals surface area contributed by atoms with Gasteiger partial charge in [0.1, 0.15) is 5.60 Å². The number of rotatable bonds is 6. The number of carbonyl (C=O) groups excluding carboxylic acids is 1. The molecule has 118 valence electrons. The Morgan fingerprint density at radius 3 is 2.43 bits per heavy atom. The Morgan fingerprint density at radius 2 is 1.90 bits per heavy atom. The molecule has 21 heavy (non-hydrogen) atoms. The Balaban J connectivity index is 2.69. The summed E-state index contributed by atoms with van der Waals surface area (Å²) in [4.78, 5) is 13.6. The SMILES string of the molecule is CC(C)(C)OC(=O)CCN(CCO)c1ccc(Cl)c(Cl)c1. The lowest BCUT2D eigenvalue weighted by atomic mass is 10.2. The molecule has 0 amide bonds. The number of aliphatic hydroxyl groups excluding tert-OH is 1. The first-order chi connectivity index (χ1) is 9.73. The van der Waals surface area contributed by atoms with Gasteiger partial charge >= 0.3 is 5.97 Å². The predicted molar refractivity (Wildman–Crippen MR) is 86.2 cm³/mol. The second-order valence-corrected chi connectivity index (χ2v) is 6.46. The maximum atomic E-state index is 11.8. The molecule has 0 unspecified atom stereocenters. The van der Waals surface area contributed by atoms with Crippen LogP contribution in [0.4, 0.5) is 5.69 Å². The zero-order chi connectivity index (χ0) is 16.0. The number of benzene rings is 1. The molecule has 1 rings (SSSR count). The molecule has 0 heterocycles. The third kappa shape index (κ3) is 6.55. The molecule has 1 aromatic rings. The minimum Gasteiger partial charge on any atom is -0.460 e. The first kappa shape index (κ1) is 18.1. The Hall–Kier alpha value is -0.970. The van der Waals surface area contributed by atoms with Gasteiger partial charge in [-0.25, -0.2) is 0 Å². The Morgan fingerprint density at radius 1 is 1.24 bits per heavy atom. The molecule has 0 aliphatic carbocycles. The lowest BCUT2D eigenvalue weighted by Gasteiger charge is -2.25. The van der Waals surface area contributed by atoms with E-state index in [-0.39, 0.29) is 19.0 Å². The average Bonchev–Trinajstić information content (AvgIpc) is 2.36. The van der Waals surface area contributed by atoms with Crippen molar-refractivity contribution in [3.05, 3.63) is 28.2 Å². The number of aliphatic hydroxyl groups is 1. The van der Waals surface area contributed by atoms with Gasteiger partial charge in [0, 0.05) is 18.8 Å². The van der Waals surface area contributed by atoms with Crippen molar-refractivity contribution in [2.45, 2.75) is 32.8 Å². The van der Waals surface area contributed by atoms with Crippen LogP contribution in [0.25, 0.3) is 0 Å². The number of anilines is 1. The molecule has 0 aliphatic rings. The summed E-state index contributed by atoms with van der Waals surface area (Å²) < 4.78 is 5.27. The van der Waals surface area contributed by atoms with E-state index in [1.165, 1.54) is 0 Å². The zero-order valence-electron chi connectivity index (χ0n) is 12.5. The van der Waals surface area contributed by atoms with Gasteiger partial charge in [-0.3, -0.25) is 4.79 Å². The first-order valence-corrected chi connectivity index (χ1v) is 7.51. The highest BCUT2D eigenvalue weighted by atomic mass is 35.5. The van der Waals surface area contributed by atoms with Gasteiger partial charge in [0.15, 0.2) is 0 Å². The highest BCUT2D eigenvalue weighted by Gasteiger charge is 2.17. The predicted octanol–water partition coefficient (Wildman–Crippen LogP) is 3.52. The first-order valence-electron chi connectivity index (χ1n) is 6.75. The van der Waals surface area contributed by atoms with Gasteiger partial charge in [0.2, 0.25) is 0 Å². The van der Waals surface area contributed by atoms with Crippen LogP contribution in [0.5, 0.6) is 0 Å². The lowest BCUT2D eigenvalue weighted by molar-refractivity contribution is -0.154. The molecule has 0 spiro atoms. The van der Waals surface area contributed by atoms with Gasteiger partial charge < -0.3 is 14.7 Å². The zero-order valence-corrected chi connectivity index (χ0v) is 14.0. The van der Waals surface area contributed by atoms with E-state index in [9.17, 15) is 4.79 Å². The molecule has 0 bridgehead atoms. The molecule has 0 aliphatic heterocycles. The maximum absolute atomic E-state index is 11.8. The van der Waals surface area contributed by atoms with Gasteiger partial charge in [-0.05, 0) is 39.0 Å². The van der Waals surface area contributed by atoms with Crippen molar-refractivity contribution in [3.63, 3.8) is 0 Å². The van der Waals surface area contributed by atoms with Crippen molar-refractivity contribution < 1.29 is 14.6 Å². The third-order valence-corrected chi connectivity index (χ3v) is 3.38. The lowest BCUT2D eigenvalue weighted by Crippen LogP contribution is -2.31. The Kier molecular flexibility index (Phi) is 6.78. The van der Waals surface area contributed by atoms with Crippen LogP contribution in [0.3, 0.4) is 0 Å². The molecule has 1 aromatic carbocycles. The fraction of sp³-hybridized carbons (Fsp3) is 0.533. The average molecular weight is 334 g/mol. The van der Waals surface area contributed by atoms with Crippen molar-refractivity contribution in [1.82, 2.24) is 0 Å². The number of hydrogen-bond acceptors (Lipinski definition) is 4. The summed E-state index contributed by atoms with van der Waals surface area (Å²) in [5.41, 5.74) is 0.310. The summed E-state index contributed by atoms with van der Waals surface area (Å²) >= 11 is 11.9. The smallest absolute Gasteiger partial charge is 0.308 e. The highest BCUT2D eigenvalue weighted by molar-refractivity contribution is 6.42. The number of nitrogens with zero attached hydrogens (tertiary/aromatic N) is 1. The molecule has 1 N–H and O–H groups in total. The monoisotopic (exact) mass is 333 g/mol. The van der Waals surface area contributed by atoms with Gasteiger partial charge in [-0.15, -0.1) is 0 Å². The van der Waals surface area contributed by atoms with E-state index in [0.717, 1.165) is 5.69 Å². The van der Waals surface area contributed by atoms with Crippen molar-refractivity contribution in [2.75, 3.05) is 24.6 Å². The number of hydrogen-bond donors (Lipinski definition) is 1. The van der Waals surface area contributed by atoms with Crippen molar-refractivity contribution in [2.24, 2.45) is 0 Å². The van der Waals surface area contributed by atoms with Crippen LogP contribution < -0.4 is 4.90 Å². The second kappa shape index (κ2) is 7.87. The summed E-state index contributed by atoms with van der Waals surface area (Å²) in [6, 6.07) is 5.21. The largest absolute Gasteiger partial charge is 0.460 e. The van der Waals surface area contributed by atoms with Crippen LogP contribution in [-0.2, 0) is 9.53 Å². The molecule has 0 atom stereocenters. The fourth-order valence-electron chi connectivity index (χ4n) is 1.79. The maximum Gasteiger partial charge on any atom is 0.308 e. The molecule has 0 saturated carbocycles. The summed E-state index contributed by atoms with van der Waals surface area (Å²) in [6.07, 6.45) is 0.234. The molecular formula is C15H21Cl2NO3. The Bertz CT molecular complexity index is 486. The normalized spacial score (nSPS) is 11.3. The van der Waals surface area contributed by atoms with Gasteiger partial charge in [-0.1, -0.05) is 23.2 Å². The van der Waals surface area contributed by atoms with E-state index in [1.807, 2.05) is 25.7 Å². The van der Waals surface area contributed by atoms with Gasteiger partial charge in [-0.2, -0.15) is 0 Å². The fourth-order valence-corrected chi connectivity index (χ4v) is 2.08. The summed E-state index contributed by atoms with van der Waals surface area (Å²) in [5.74, 6) is -0.273. The molecule has 0 fully saturated rings. The molecule has 0 aromatic heterocycles. The van der Waals surface area contributed by atoms with Gasteiger partial charge in [0.25, 0.3) is 0 Å². The number of halogens is 2. The number of ether oxygens (including phenoxy) is 1. The van der Waals surface area contributed by atoms with Gasteiger partial charge in [0.05, 0.1) is 23.1 Å². The van der Waals surface area contributed by atoms with Crippen LogP contribution >= 0.6 is 23.2 Å². The summed E-state index contributed by atoms with van der Waals surface area (Å²) in [7, 11) is 0. The minimum atomic E-state index is -0.498. The highest BCUT2D eigenvalue weighted by Crippen LogP contribution is 2.27. The topological polar surface area (TPSA) is 49.8 Å².